The van der Waals surface area contributed by atoms with Gasteiger partial charge in [-0.1, -0.05) is 20.3 Å². The fourth-order valence-corrected chi connectivity index (χ4v) is 6.01. The second-order valence-electron chi connectivity index (χ2n) is 15.5. The van der Waals surface area contributed by atoms with Crippen molar-refractivity contribution in [3.8, 4) is 0 Å². The zero-order valence-electron chi connectivity index (χ0n) is 30.3. The first-order chi connectivity index (χ1) is 23.0. The number of halogens is 12. The van der Waals surface area contributed by atoms with E-state index in [4.69, 9.17) is 9.47 Å². The summed E-state index contributed by atoms with van der Waals surface area (Å²) in [5, 5.41) is 29.5. The van der Waals surface area contributed by atoms with Gasteiger partial charge in [-0.05, 0) is 92.9 Å². The highest BCUT2D eigenvalue weighted by molar-refractivity contribution is 5.76. The Balaban J connectivity index is 0.000000560. The minimum absolute atomic E-state index is 0.167. The lowest BCUT2D eigenvalue weighted by Crippen LogP contribution is -2.64. The molecule has 7 nitrogen and oxygen atoms in total. The number of carbonyl (C=O) groups excluding carboxylic acids is 2. The third-order valence-electron chi connectivity index (χ3n) is 10.9. The van der Waals surface area contributed by atoms with E-state index < -0.39 is 114 Å². The summed E-state index contributed by atoms with van der Waals surface area (Å²) in [5.74, 6) is -7.69. The number of ether oxygens (including phenoxy) is 2. The van der Waals surface area contributed by atoms with E-state index in [9.17, 15) is 77.6 Å². The van der Waals surface area contributed by atoms with Crippen molar-refractivity contribution in [3.63, 3.8) is 0 Å². The summed E-state index contributed by atoms with van der Waals surface area (Å²) in [7, 11) is 0. The zero-order chi connectivity index (χ0) is 41.3. The molecule has 3 N–H and O–H groups in total. The van der Waals surface area contributed by atoms with Crippen molar-refractivity contribution in [2.24, 2.45) is 28.6 Å². The maximum Gasteiger partial charge on any atom is 0.426 e. The van der Waals surface area contributed by atoms with E-state index >= 15 is 0 Å². The van der Waals surface area contributed by atoms with Crippen LogP contribution in [-0.2, 0) is 19.1 Å². The topological polar surface area (TPSA) is 113 Å². The second-order valence-corrected chi connectivity index (χ2v) is 15.5. The second kappa shape index (κ2) is 16.0. The summed E-state index contributed by atoms with van der Waals surface area (Å²) in [6.07, 6.45) is -26.3. The van der Waals surface area contributed by atoms with Crippen LogP contribution in [0, 0.1) is 28.6 Å². The molecule has 52 heavy (non-hydrogen) atoms. The Hall–Kier alpha value is -2.02. The molecule has 0 amide bonds. The van der Waals surface area contributed by atoms with Crippen molar-refractivity contribution in [3.05, 3.63) is 0 Å². The maximum absolute atomic E-state index is 13.3. The van der Waals surface area contributed by atoms with Gasteiger partial charge in [-0.15, -0.1) is 0 Å². The predicted octanol–water partition coefficient (Wildman–Crippen LogP) is 8.76. The highest BCUT2D eigenvalue weighted by Gasteiger charge is 2.75. The number of esters is 2. The number of aliphatic hydroxyl groups is 3. The van der Waals surface area contributed by atoms with Crippen molar-refractivity contribution in [2.75, 3.05) is 0 Å². The van der Waals surface area contributed by atoms with E-state index in [0.717, 1.165) is 6.92 Å². The molecule has 7 unspecified atom stereocenters. The predicted molar refractivity (Wildman–Crippen MR) is 161 cm³/mol. The SMILES string of the molecule is CCC(C)(C)C(=O)OC1CC(C(C)(O)C(F)(F)F)CC(C(O)(C(F)(F)F)C(F)(F)F)C1.CCC(C)(C)C(=O)OC1CCCCC1C(C)(O)C(F)(F)F. The molecular weight excluding hydrogens is 736 g/mol. The van der Waals surface area contributed by atoms with Crippen molar-refractivity contribution < 1.29 is 87.1 Å². The molecule has 2 fully saturated rings. The monoisotopic (exact) mass is 786 g/mol. The van der Waals surface area contributed by atoms with E-state index in [1.807, 2.05) is 6.92 Å². The van der Waals surface area contributed by atoms with E-state index in [0.29, 0.717) is 25.7 Å². The Labute approximate surface area is 294 Å². The lowest BCUT2D eigenvalue weighted by molar-refractivity contribution is -0.391. The Kier molecular flexibility index (Phi) is 14.8. The maximum atomic E-state index is 13.3. The van der Waals surface area contributed by atoms with Crippen LogP contribution in [0.4, 0.5) is 52.7 Å². The van der Waals surface area contributed by atoms with Crippen LogP contribution in [0.5, 0.6) is 0 Å². The first kappa shape index (κ1) is 48.0. The highest BCUT2D eigenvalue weighted by atomic mass is 19.4. The summed E-state index contributed by atoms with van der Waals surface area (Å²) < 4.78 is 169. The number of rotatable bonds is 9. The third-order valence-corrected chi connectivity index (χ3v) is 10.9. The Morgan fingerprint density at radius 1 is 0.558 bits per heavy atom. The summed E-state index contributed by atoms with van der Waals surface area (Å²) in [4.78, 5) is 24.4. The fraction of sp³-hybridized carbons (Fsp3) is 0.939. The molecule has 0 spiro atoms. The fourth-order valence-electron chi connectivity index (χ4n) is 6.01. The normalized spacial score (nSPS) is 26.6. The van der Waals surface area contributed by atoms with Crippen molar-refractivity contribution in [2.45, 2.75) is 167 Å². The number of hydrogen-bond donors (Lipinski definition) is 3. The molecule has 0 saturated heterocycles. The molecule has 2 rings (SSSR count). The van der Waals surface area contributed by atoms with Gasteiger partial charge in [0.2, 0.25) is 0 Å². The van der Waals surface area contributed by atoms with Crippen LogP contribution < -0.4 is 0 Å². The summed E-state index contributed by atoms with van der Waals surface area (Å²) >= 11 is 0. The largest absolute Gasteiger partial charge is 0.462 e. The molecule has 0 aliphatic heterocycles. The van der Waals surface area contributed by atoms with Gasteiger partial charge in [0.15, 0.2) is 11.2 Å². The smallest absolute Gasteiger partial charge is 0.426 e. The third kappa shape index (κ3) is 10.4. The van der Waals surface area contributed by atoms with Crippen molar-refractivity contribution in [1.29, 1.82) is 0 Å². The van der Waals surface area contributed by atoms with Gasteiger partial charge in [0.25, 0.3) is 5.60 Å². The molecule has 2 aliphatic carbocycles. The molecule has 308 valence electrons. The van der Waals surface area contributed by atoms with Gasteiger partial charge in [0, 0.05) is 17.8 Å². The van der Waals surface area contributed by atoms with Gasteiger partial charge in [0.05, 0.1) is 10.8 Å². The quantitative estimate of drug-likeness (QED) is 0.158. The number of carbonyl (C=O) groups is 2. The first-order valence-electron chi connectivity index (χ1n) is 16.8. The molecule has 2 aliphatic rings. The van der Waals surface area contributed by atoms with Crippen LogP contribution in [0.25, 0.3) is 0 Å². The summed E-state index contributed by atoms with van der Waals surface area (Å²) in [6, 6.07) is 0. The van der Waals surface area contributed by atoms with E-state index in [1.165, 1.54) is 13.8 Å². The minimum atomic E-state index is -6.28. The summed E-state index contributed by atoms with van der Waals surface area (Å²) in [5.41, 5.74) is -13.8. The molecule has 0 aromatic heterocycles. The average Bonchev–Trinajstić information content (AvgIpc) is 2.98. The molecular formula is C33H50F12O7. The summed E-state index contributed by atoms with van der Waals surface area (Å²) in [6.45, 7) is 10.5. The zero-order valence-corrected chi connectivity index (χ0v) is 30.3. The Morgan fingerprint density at radius 2 is 0.942 bits per heavy atom. The molecule has 0 heterocycles. The lowest BCUT2D eigenvalue weighted by Gasteiger charge is -2.47. The molecule has 19 heteroatoms. The Bertz CT molecular complexity index is 1190. The van der Waals surface area contributed by atoms with Gasteiger partial charge < -0.3 is 24.8 Å². The van der Waals surface area contributed by atoms with Crippen LogP contribution in [0.1, 0.15) is 113 Å². The van der Waals surface area contributed by atoms with Crippen molar-refractivity contribution in [1.82, 2.24) is 0 Å². The van der Waals surface area contributed by atoms with Crippen molar-refractivity contribution >= 4 is 11.9 Å². The van der Waals surface area contributed by atoms with Crippen LogP contribution >= 0.6 is 0 Å². The molecule has 0 aromatic rings. The first-order valence-corrected chi connectivity index (χ1v) is 16.8. The van der Waals surface area contributed by atoms with Gasteiger partial charge >= 0.3 is 36.6 Å². The van der Waals surface area contributed by atoms with Gasteiger partial charge in [-0.3, -0.25) is 9.59 Å². The molecule has 0 aromatic carbocycles. The number of alkyl halides is 12. The van der Waals surface area contributed by atoms with E-state index in [-0.39, 0.29) is 19.8 Å². The minimum Gasteiger partial charge on any atom is -0.462 e. The van der Waals surface area contributed by atoms with E-state index in [1.54, 1.807) is 20.8 Å². The van der Waals surface area contributed by atoms with Crippen LogP contribution in [0.2, 0.25) is 0 Å². The van der Waals surface area contributed by atoms with Crippen LogP contribution in [0.3, 0.4) is 0 Å². The highest BCUT2D eigenvalue weighted by Crippen LogP contribution is 2.55. The van der Waals surface area contributed by atoms with Crippen LogP contribution in [-0.4, -0.2) is 81.0 Å². The van der Waals surface area contributed by atoms with E-state index in [2.05, 4.69) is 0 Å². The Morgan fingerprint density at radius 3 is 1.33 bits per heavy atom. The van der Waals surface area contributed by atoms with Gasteiger partial charge in [-0.2, -0.15) is 52.7 Å². The standard InChI is InChI=1S/C18H25F9O4.C15H25F3O3/c1-5-13(2,3)12(28)31-11-7-9(14(4,29)16(19,20)21)6-10(8-11)15(30,17(22,23)24)18(25,26)27;1-5-13(2,3)12(19)21-11-9-7-6-8-10(11)14(4,20)15(16,17)18/h9-11,29-30H,5-8H2,1-4H3;10-11,20H,5-9H2,1-4H3. The van der Waals surface area contributed by atoms with Gasteiger partial charge in [-0.25, -0.2) is 0 Å². The lowest BCUT2D eigenvalue weighted by atomic mass is 9.66. The molecule has 2 saturated carbocycles. The molecule has 7 atom stereocenters. The molecule has 0 bridgehead atoms. The molecule has 0 radical (unpaired) electrons. The van der Waals surface area contributed by atoms with Gasteiger partial charge in [0.1, 0.15) is 12.2 Å². The van der Waals surface area contributed by atoms with Crippen LogP contribution in [0.15, 0.2) is 0 Å². The number of hydrogen-bond acceptors (Lipinski definition) is 7. The average molecular weight is 787 g/mol.